The molecule has 1 aliphatic carbocycles. The maximum Gasteiger partial charge on any atom is 0.187 e. The van der Waals surface area contributed by atoms with E-state index in [4.69, 9.17) is 12.2 Å². The summed E-state index contributed by atoms with van der Waals surface area (Å²) in [5.74, 6) is 0.362. The van der Waals surface area contributed by atoms with Crippen LogP contribution < -0.4 is 10.7 Å². The molecule has 1 fully saturated rings. The van der Waals surface area contributed by atoms with E-state index in [1.54, 1.807) is 18.3 Å². The van der Waals surface area contributed by atoms with Crippen molar-refractivity contribution < 1.29 is 4.39 Å². The summed E-state index contributed by atoms with van der Waals surface area (Å²) in [4.78, 5) is 0. The zero-order valence-corrected chi connectivity index (χ0v) is 12.4. The maximum absolute atomic E-state index is 13.0. The van der Waals surface area contributed by atoms with Gasteiger partial charge in [-0.05, 0) is 48.7 Å². The van der Waals surface area contributed by atoms with Crippen LogP contribution in [0.5, 0.6) is 0 Å². The minimum atomic E-state index is -0.273. The van der Waals surface area contributed by atoms with Gasteiger partial charge in [0, 0.05) is 6.04 Å². The van der Waals surface area contributed by atoms with Crippen molar-refractivity contribution in [1.82, 2.24) is 10.7 Å². The fourth-order valence-corrected chi connectivity index (χ4v) is 2.69. The first-order chi connectivity index (χ1) is 9.65. The van der Waals surface area contributed by atoms with Crippen LogP contribution >= 0.6 is 12.2 Å². The standard InChI is InChI=1S/C15H20FN3S/c1-11-5-2-3-8-14(11)18-15(20)19-17-10-12-6-4-7-13(16)9-12/h4,6-7,9-11,14H,2-3,5,8H2,1H3,(H2,18,19,20)/b17-10-/t11-,14+/m0/s1. The van der Waals surface area contributed by atoms with Crippen LogP contribution in [-0.4, -0.2) is 17.4 Å². The second-order valence-electron chi connectivity index (χ2n) is 5.27. The predicted molar refractivity (Wildman–Crippen MR) is 84.3 cm³/mol. The van der Waals surface area contributed by atoms with E-state index in [-0.39, 0.29) is 5.82 Å². The summed E-state index contributed by atoms with van der Waals surface area (Å²) in [6.45, 7) is 2.25. The van der Waals surface area contributed by atoms with E-state index in [9.17, 15) is 4.39 Å². The summed E-state index contributed by atoms with van der Waals surface area (Å²) in [5, 5.41) is 7.85. The third-order valence-electron chi connectivity index (χ3n) is 3.66. The van der Waals surface area contributed by atoms with Crippen molar-refractivity contribution in [3.05, 3.63) is 35.6 Å². The number of hydrogen-bond donors (Lipinski definition) is 2. The summed E-state index contributed by atoms with van der Waals surface area (Å²) in [6, 6.07) is 6.69. The molecule has 2 atom stereocenters. The summed E-state index contributed by atoms with van der Waals surface area (Å²) in [6.07, 6.45) is 6.50. The largest absolute Gasteiger partial charge is 0.358 e. The number of halogens is 1. The summed E-state index contributed by atoms with van der Waals surface area (Å²) >= 11 is 5.22. The molecule has 0 aromatic heterocycles. The van der Waals surface area contributed by atoms with Crippen LogP contribution in [0, 0.1) is 11.7 Å². The second kappa shape index (κ2) is 7.33. The first-order valence-electron chi connectivity index (χ1n) is 7.00. The summed E-state index contributed by atoms with van der Waals surface area (Å²) in [7, 11) is 0. The van der Waals surface area contributed by atoms with E-state index in [2.05, 4.69) is 22.8 Å². The number of benzene rings is 1. The highest BCUT2D eigenvalue weighted by Gasteiger charge is 2.21. The van der Waals surface area contributed by atoms with Gasteiger partial charge in [0.1, 0.15) is 5.82 Å². The molecule has 3 nitrogen and oxygen atoms in total. The third kappa shape index (κ3) is 4.56. The molecule has 0 heterocycles. The Hall–Kier alpha value is -1.49. The van der Waals surface area contributed by atoms with Gasteiger partial charge in [0.2, 0.25) is 0 Å². The molecular formula is C15H20FN3S. The number of thiocarbonyl (C=S) groups is 1. The van der Waals surface area contributed by atoms with Gasteiger partial charge in [-0.2, -0.15) is 5.10 Å². The van der Waals surface area contributed by atoms with Crippen LogP contribution in [0.3, 0.4) is 0 Å². The van der Waals surface area contributed by atoms with Crippen LogP contribution in [0.25, 0.3) is 0 Å². The van der Waals surface area contributed by atoms with Crippen molar-refractivity contribution >= 4 is 23.5 Å². The first-order valence-corrected chi connectivity index (χ1v) is 7.41. The van der Waals surface area contributed by atoms with Gasteiger partial charge >= 0.3 is 0 Å². The molecule has 0 aliphatic heterocycles. The van der Waals surface area contributed by atoms with Gasteiger partial charge in [0.05, 0.1) is 6.21 Å². The monoisotopic (exact) mass is 293 g/mol. The van der Waals surface area contributed by atoms with Gasteiger partial charge < -0.3 is 5.32 Å². The minimum Gasteiger partial charge on any atom is -0.358 e. The number of hydrogen-bond acceptors (Lipinski definition) is 2. The van der Waals surface area contributed by atoms with Crippen LogP contribution in [0.15, 0.2) is 29.4 Å². The Morgan fingerprint density at radius 2 is 2.20 bits per heavy atom. The number of hydrazone groups is 1. The van der Waals surface area contributed by atoms with Crippen molar-refractivity contribution in [1.29, 1.82) is 0 Å². The third-order valence-corrected chi connectivity index (χ3v) is 3.87. The lowest BCUT2D eigenvalue weighted by atomic mass is 9.86. The molecule has 0 radical (unpaired) electrons. The lowest BCUT2D eigenvalue weighted by molar-refractivity contribution is 0.308. The van der Waals surface area contributed by atoms with Crippen LogP contribution in [-0.2, 0) is 0 Å². The summed E-state index contributed by atoms with van der Waals surface area (Å²) in [5.41, 5.74) is 3.49. The molecule has 1 aromatic rings. The molecule has 5 heteroatoms. The number of rotatable bonds is 3. The van der Waals surface area contributed by atoms with E-state index in [1.807, 2.05) is 0 Å². The average Bonchev–Trinajstić information content (AvgIpc) is 2.41. The highest BCUT2D eigenvalue weighted by molar-refractivity contribution is 7.80. The Bertz CT molecular complexity index is 490. The Balaban J connectivity index is 1.80. The average molecular weight is 293 g/mol. The van der Waals surface area contributed by atoms with E-state index in [0.717, 1.165) is 6.42 Å². The summed E-state index contributed by atoms with van der Waals surface area (Å²) < 4.78 is 13.0. The Morgan fingerprint density at radius 3 is 2.95 bits per heavy atom. The normalized spacial score (nSPS) is 22.7. The quantitative estimate of drug-likeness (QED) is 0.510. The highest BCUT2D eigenvalue weighted by Crippen LogP contribution is 2.23. The SMILES string of the molecule is C[C@H]1CCCC[C@H]1NC(=S)N/N=C\c1cccc(F)c1. The van der Waals surface area contributed by atoms with Crippen molar-refractivity contribution in [2.75, 3.05) is 0 Å². The van der Waals surface area contributed by atoms with Crippen molar-refractivity contribution in [2.24, 2.45) is 11.0 Å². The second-order valence-corrected chi connectivity index (χ2v) is 5.67. The lowest BCUT2D eigenvalue weighted by Gasteiger charge is -2.30. The Labute approximate surface area is 124 Å². The molecule has 108 valence electrons. The van der Waals surface area contributed by atoms with Gasteiger partial charge in [0.25, 0.3) is 0 Å². The Morgan fingerprint density at radius 1 is 1.40 bits per heavy atom. The fraction of sp³-hybridized carbons (Fsp3) is 0.467. The van der Waals surface area contributed by atoms with Gasteiger partial charge in [-0.3, -0.25) is 5.43 Å². The van der Waals surface area contributed by atoms with Crippen LogP contribution in [0.4, 0.5) is 4.39 Å². The molecule has 0 bridgehead atoms. The number of nitrogens with one attached hydrogen (secondary N) is 2. The fourth-order valence-electron chi connectivity index (χ4n) is 2.48. The van der Waals surface area contributed by atoms with E-state index in [1.165, 1.54) is 31.4 Å². The predicted octanol–water partition coefficient (Wildman–Crippen LogP) is 3.20. The van der Waals surface area contributed by atoms with Crippen LogP contribution in [0.2, 0.25) is 0 Å². The zero-order valence-electron chi connectivity index (χ0n) is 11.6. The molecular weight excluding hydrogens is 273 g/mol. The molecule has 0 amide bonds. The smallest absolute Gasteiger partial charge is 0.187 e. The van der Waals surface area contributed by atoms with Crippen molar-refractivity contribution in [2.45, 2.75) is 38.6 Å². The molecule has 1 saturated carbocycles. The zero-order chi connectivity index (χ0) is 14.4. The molecule has 20 heavy (non-hydrogen) atoms. The van der Waals surface area contributed by atoms with Gasteiger partial charge in [-0.1, -0.05) is 31.9 Å². The molecule has 1 aliphatic rings. The Kier molecular flexibility index (Phi) is 5.47. The maximum atomic E-state index is 13.0. The topological polar surface area (TPSA) is 36.4 Å². The first kappa shape index (κ1) is 14.9. The van der Waals surface area contributed by atoms with Gasteiger partial charge in [-0.15, -0.1) is 0 Å². The van der Waals surface area contributed by atoms with Gasteiger partial charge in [0.15, 0.2) is 5.11 Å². The molecule has 1 aromatic carbocycles. The van der Waals surface area contributed by atoms with E-state index < -0.39 is 0 Å². The lowest BCUT2D eigenvalue weighted by Crippen LogP contribution is -2.44. The van der Waals surface area contributed by atoms with Crippen LogP contribution in [0.1, 0.15) is 38.2 Å². The van der Waals surface area contributed by atoms with Crippen molar-refractivity contribution in [3.63, 3.8) is 0 Å². The van der Waals surface area contributed by atoms with Gasteiger partial charge in [-0.25, -0.2) is 4.39 Å². The molecule has 2 N–H and O–H groups in total. The van der Waals surface area contributed by atoms with E-state index >= 15 is 0 Å². The molecule has 0 saturated heterocycles. The minimum absolute atomic E-state index is 0.273. The van der Waals surface area contributed by atoms with E-state index in [0.29, 0.717) is 22.6 Å². The number of nitrogens with zero attached hydrogens (tertiary/aromatic N) is 1. The highest BCUT2D eigenvalue weighted by atomic mass is 32.1. The molecule has 2 rings (SSSR count). The van der Waals surface area contributed by atoms with Crippen molar-refractivity contribution in [3.8, 4) is 0 Å². The molecule has 0 unspecified atom stereocenters. The molecule has 0 spiro atoms.